The van der Waals surface area contributed by atoms with Crippen LogP contribution in [0.2, 0.25) is 0 Å². The first-order valence-electron chi connectivity index (χ1n) is 5.85. The molecule has 3 N–H and O–H groups in total. The minimum absolute atomic E-state index is 0.366. The number of aliphatic carboxylic acids is 1. The lowest BCUT2D eigenvalue weighted by Crippen LogP contribution is -2.48. The zero-order valence-corrected chi connectivity index (χ0v) is 11.0. The molecule has 6 nitrogen and oxygen atoms in total. The smallest absolute Gasteiger partial charge is 0.328 e. The van der Waals surface area contributed by atoms with Crippen LogP contribution in [0.3, 0.4) is 0 Å². The van der Waals surface area contributed by atoms with Gasteiger partial charge in [-0.3, -0.25) is 0 Å². The lowest BCUT2D eigenvalue weighted by Gasteiger charge is -2.20. The van der Waals surface area contributed by atoms with Gasteiger partial charge in [0.05, 0.1) is 6.61 Å². The van der Waals surface area contributed by atoms with E-state index in [1.165, 1.54) is 4.90 Å². The molecule has 1 aromatic carbocycles. The Hall–Kier alpha value is -2.08. The van der Waals surface area contributed by atoms with Gasteiger partial charge in [0.2, 0.25) is 0 Å². The number of nitrogens with one attached hydrogen (secondary N) is 1. The molecule has 1 rings (SSSR count). The van der Waals surface area contributed by atoms with Gasteiger partial charge in [-0.15, -0.1) is 0 Å². The van der Waals surface area contributed by atoms with Gasteiger partial charge in [-0.25, -0.2) is 9.59 Å². The predicted octanol–water partition coefficient (Wildman–Crippen LogP) is 0.582. The van der Waals surface area contributed by atoms with Gasteiger partial charge in [-0.05, 0) is 12.5 Å². The van der Waals surface area contributed by atoms with Crippen LogP contribution >= 0.6 is 0 Å². The Morgan fingerprint density at radius 1 is 1.42 bits per heavy atom. The number of hydrogen-bond donors (Lipinski definition) is 3. The number of carboxylic acid groups (broad SMARTS) is 1. The zero-order chi connectivity index (χ0) is 14.4. The molecule has 0 saturated carbocycles. The first-order chi connectivity index (χ1) is 8.93. The lowest BCUT2D eigenvalue weighted by molar-refractivity contribution is -0.140. The van der Waals surface area contributed by atoms with E-state index in [1.807, 2.05) is 31.2 Å². The number of amides is 2. The molecule has 1 atom stereocenters. The van der Waals surface area contributed by atoms with E-state index in [0.717, 1.165) is 11.1 Å². The molecule has 2 amide bonds. The molecule has 0 heterocycles. The summed E-state index contributed by atoms with van der Waals surface area (Å²) in [5.41, 5.74) is 2.04. The van der Waals surface area contributed by atoms with Crippen molar-refractivity contribution in [3.8, 4) is 0 Å². The fourth-order valence-electron chi connectivity index (χ4n) is 1.60. The third-order valence-corrected chi connectivity index (χ3v) is 2.63. The Bertz CT molecular complexity index is 462. The van der Waals surface area contributed by atoms with E-state index in [2.05, 4.69) is 5.32 Å². The average Bonchev–Trinajstić information content (AvgIpc) is 2.35. The molecular formula is C13H18N2O4. The van der Waals surface area contributed by atoms with Gasteiger partial charge in [0, 0.05) is 13.6 Å². The molecule has 0 aliphatic carbocycles. The van der Waals surface area contributed by atoms with Crippen LogP contribution in [0.4, 0.5) is 4.79 Å². The standard InChI is InChI=1S/C13H18N2O4/c1-9-4-3-5-10(6-9)7-15(2)13(19)14-11(8-16)12(17)18/h3-6,11,16H,7-8H2,1-2H3,(H,14,19)(H,17,18)/t11-/m1/s1. The second-order valence-electron chi connectivity index (χ2n) is 4.37. The first kappa shape index (κ1) is 15.0. The van der Waals surface area contributed by atoms with Crippen LogP contribution in [0.15, 0.2) is 24.3 Å². The largest absolute Gasteiger partial charge is 0.480 e. The van der Waals surface area contributed by atoms with Crippen molar-refractivity contribution in [1.29, 1.82) is 0 Å². The van der Waals surface area contributed by atoms with Crippen LogP contribution in [-0.2, 0) is 11.3 Å². The number of aliphatic hydroxyl groups is 1. The minimum atomic E-state index is -1.28. The van der Waals surface area contributed by atoms with E-state index in [9.17, 15) is 9.59 Å². The van der Waals surface area contributed by atoms with Crippen LogP contribution in [-0.4, -0.2) is 46.8 Å². The molecule has 0 fully saturated rings. The summed E-state index contributed by atoms with van der Waals surface area (Å²) in [6, 6.07) is 5.86. The summed E-state index contributed by atoms with van der Waals surface area (Å²) < 4.78 is 0. The van der Waals surface area contributed by atoms with Crippen LogP contribution < -0.4 is 5.32 Å². The lowest BCUT2D eigenvalue weighted by atomic mass is 10.1. The van der Waals surface area contributed by atoms with Crippen molar-refractivity contribution >= 4 is 12.0 Å². The Kier molecular flexibility index (Phi) is 5.32. The summed E-state index contributed by atoms with van der Waals surface area (Å²) in [7, 11) is 1.56. The number of rotatable bonds is 5. The van der Waals surface area contributed by atoms with E-state index in [4.69, 9.17) is 10.2 Å². The van der Waals surface area contributed by atoms with Gasteiger partial charge in [0.1, 0.15) is 0 Å². The topological polar surface area (TPSA) is 89.9 Å². The molecule has 19 heavy (non-hydrogen) atoms. The SMILES string of the molecule is Cc1cccc(CN(C)C(=O)N[C@H](CO)C(=O)O)c1. The molecule has 0 radical (unpaired) electrons. The van der Waals surface area contributed by atoms with E-state index < -0.39 is 24.6 Å². The molecule has 6 heteroatoms. The fourth-order valence-corrected chi connectivity index (χ4v) is 1.60. The summed E-state index contributed by atoms with van der Waals surface area (Å²) in [5, 5.41) is 19.8. The van der Waals surface area contributed by atoms with Crippen molar-refractivity contribution in [2.24, 2.45) is 0 Å². The Morgan fingerprint density at radius 3 is 2.63 bits per heavy atom. The second-order valence-corrected chi connectivity index (χ2v) is 4.37. The highest BCUT2D eigenvalue weighted by Crippen LogP contribution is 2.06. The monoisotopic (exact) mass is 266 g/mol. The number of benzene rings is 1. The Balaban J connectivity index is 2.60. The first-order valence-corrected chi connectivity index (χ1v) is 5.85. The molecule has 0 bridgehead atoms. The second kappa shape index (κ2) is 6.75. The van der Waals surface area contributed by atoms with Crippen molar-refractivity contribution in [3.05, 3.63) is 35.4 Å². The van der Waals surface area contributed by atoms with E-state index in [1.54, 1.807) is 7.05 Å². The van der Waals surface area contributed by atoms with Crippen molar-refractivity contribution in [3.63, 3.8) is 0 Å². The van der Waals surface area contributed by atoms with Crippen LogP contribution in [0.1, 0.15) is 11.1 Å². The van der Waals surface area contributed by atoms with Crippen LogP contribution in [0.25, 0.3) is 0 Å². The van der Waals surface area contributed by atoms with E-state index >= 15 is 0 Å². The Morgan fingerprint density at radius 2 is 2.11 bits per heavy atom. The Labute approximate surface area is 111 Å². The van der Waals surface area contributed by atoms with Crippen molar-refractivity contribution < 1.29 is 19.8 Å². The van der Waals surface area contributed by atoms with Gasteiger partial charge < -0.3 is 20.4 Å². The number of aliphatic hydroxyl groups excluding tert-OH is 1. The maximum Gasteiger partial charge on any atom is 0.328 e. The van der Waals surface area contributed by atoms with Gasteiger partial charge >= 0.3 is 12.0 Å². The number of urea groups is 1. The van der Waals surface area contributed by atoms with Gasteiger partial charge in [-0.2, -0.15) is 0 Å². The summed E-state index contributed by atoms with van der Waals surface area (Å²) in [4.78, 5) is 23.8. The number of carboxylic acids is 1. The molecule has 0 unspecified atom stereocenters. The number of carbonyl (C=O) groups is 2. The molecule has 0 aliphatic rings. The van der Waals surface area contributed by atoms with Crippen molar-refractivity contribution in [1.82, 2.24) is 10.2 Å². The molecule has 0 saturated heterocycles. The van der Waals surface area contributed by atoms with E-state index in [-0.39, 0.29) is 0 Å². The summed E-state index contributed by atoms with van der Waals surface area (Å²) in [6.07, 6.45) is 0. The third-order valence-electron chi connectivity index (χ3n) is 2.63. The summed E-state index contributed by atoms with van der Waals surface area (Å²) in [6.45, 7) is 1.68. The molecule has 0 aliphatic heterocycles. The zero-order valence-electron chi connectivity index (χ0n) is 11.0. The number of carbonyl (C=O) groups excluding carboxylic acids is 1. The summed E-state index contributed by atoms with van der Waals surface area (Å²) >= 11 is 0. The fraction of sp³-hybridized carbons (Fsp3) is 0.385. The maximum absolute atomic E-state index is 11.7. The number of hydrogen-bond acceptors (Lipinski definition) is 3. The highest BCUT2D eigenvalue weighted by molar-refractivity contribution is 5.82. The minimum Gasteiger partial charge on any atom is -0.480 e. The van der Waals surface area contributed by atoms with Gasteiger partial charge in [-0.1, -0.05) is 29.8 Å². The van der Waals surface area contributed by atoms with Crippen molar-refractivity contribution in [2.45, 2.75) is 19.5 Å². The molecule has 0 spiro atoms. The molecule has 0 aromatic heterocycles. The normalized spacial score (nSPS) is 11.7. The molecule has 1 aromatic rings. The van der Waals surface area contributed by atoms with E-state index in [0.29, 0.717) is 6.54 Å². The third kappa shape index (κ3) is 4.59. The highest BCUT2D eigenvalue weighted by atomic mass is 16.4. The van der Waals surface area contributed by atoms with Gasteiger partial charge in [0.15, 0.2) is 6.04 Å². The number of nitrogens with zero attached hydrogens (tertiary/aromatic N) is 1. The summed E-state index contributed by atoms with van der Waals surface area (Å²) in [5.74, 6) is -1.26. The van der Waals surface area contributed by atoms with Crippen LogP contribution in [0, 0.1) is 6.92 Å². The quantitative estimate of drug-likeness (QED) is 0.727. The highest BCUT2D eigenvalue weighted by Gasteiger charge is 2.20. The van der Waals surface area contributed by atoms with Gasteiger partial charge in [0.25, 0.3) is 0 Å². The maximum atomic E-state index is 11.7. The average molecular weight is 266 g/mol. The van der Waals surface area contributed by atoms with Crippen LogP contribution in [0.5, 0.6) is 0 Å². The predicted molar refractivity (Wildman–Crippen MR) is 69.7 cm³/mol. The number of aryl methyl sites for hydroxylation is 1. The van der Waals surface area contributed by atoms with Crippen molar-refractivity contribution in [2.75, 3.05) is 13.7 Å². The molecule has 104 valence electrons. The molecular weight excluding hydrogens is 248 g/mol.